The van der Waals surface area contributed by atoms with Gasteiger partial charge in [0.1, 0.15) is 5.78 Å². The minimum atomic E-state index is 0.274. The number of ketones is 1. The van der Waals surface area contributed by atoms with Crippen molar-refractivity contribution in [1.82, 2.24) is 0 Å². The van der Waals surface area contributed by atoms with Crippen LogP contribution in [0.3, 0.4) is 0 Å². The number of thioether (sulfide) groups is 1. The predicted molar refractivity (Wildman–Crippen MR) is 79.8 cm³/mol. The smallest absolute Gasteiger partial charge is 0.137 e. The molecule has 18 heavy (non-hydrogen) atoms. The summed E-state index contributed by atoms with van der Waals surface area (Å²) in [5.41, 5.74) is 0.847. The maximum Gasteiger partial charge on any atom is 0.137 e. The van der Waals surface area contributed by atoms with E-state index in [1.54, 1.807) is 6.07 Å². The molecule has 0 radical (unpaired) electrons. The van der Waals surface area contributed by atoms with Gasteiger partial charge in [0, 0.05) is 12.8 Å². The zero-order valence-corrected chi connectivity index (χ0v) is 12.5. The average Bonchev–Trinajstić information content (AvgIpc) is 2.36. The summed E-state index contributed by atoms with van der Waals surface area (Å²) in [5, 5.41) is 1.04. The Morgan fingerprint density at radius 1 is 1.28 bits per heavy atom. The van der Waals surface area contributed by atoms with E-state index >= 15 is 0 Å². The molecule has 0 saturated carbocycles. The lowest BCUT2D eigenvalue weighted by molar-refractivity contribution is -0.119. The third-order valence-electron chi connectivity index (χ3n) is 3.28. The molecule has 0 aromatic heterocycles. The minimum absolute atomic E-state index is 0.274. The van der Waals surface area contributed by atoms with Crippen molar-refractivity contribution in [1.29, 1.82) is 0 Å². The van der Waals surface area contributed by atoms with Crippen LogP contribution in [0.1, 0.15) is 24.8 Å². The van der Waals surface area contributed by atoms with Gasteiger partial charge in [0.25, 0.3) is 0 Å². The minimum Gasteiger partial charge on any atom is -0.299 e. The number of halogens is 2. The van der Waals surface area contributed by atoms with Crippen molar-refractivity contribution in [2.45, 2.75) is 25.7 Å². The van der Waals surface area contributed by atoms with E-state index in [0.717, 1.165) is 5.56 Å². The lowest BCUT2D eigenvalue weighted by Crippen LogP contribution is -2.15. The molecular formula is C14H16Cl2OS. The monoisotopic (exact) mass is 302 g/mol. The number of hydrogen-bond acceptors (Lipinski definition) is 2. The van der Waals surface area contributed by atoms with Gasteiger partial charge in [-0.25, -0.2) is 0 Å². The molecule has 0 bridgehead atoms. The fraction of sp³-hybridized carbons (Fsp3) is 0.500. The Kier molecular flexibility index (Phi) is 5.40. The summed E-state index contributed by atoms with van der Waals surface area (Å²) in [5.74, 6) is 3.22. The summed E-state index contributed by atoms with van der Waals surface area (Å²) < 4.78 is 0. The fourth-order valence-corrected chi connectivity index (χ4v) is 3.83. The van der Waals surface area contributed by atoms with Crippen LogP contribution in [-0.2, 0) is 11.2 Å². The van der Waals surface area contributed by atoms with Gasteiger partial charge in [-0.05, 0) is 41.9 Å². The summed E-state index contributed by atoms with van der Waals surface area (Å²) in [6.45, 7) is 0. The lowest BCUT2D eigenvalue weighted by Gasteiger charge is -2.20. The molecular weight excluding hydrogens is 287 g/mol. The predicted octanol–water partition coefficient (Wildman–Crippen LogP) is 4.64. The molecule has 2 rings (SSSR count). The number of rotatable bonds is 4. The first-order chi connectivity index (χ1) is 8.66. The molecule has 4 heteroatoms. The average molecular weight is 303 g/mol. The van der Waals surface area contributed by atoms with E-state index in [4.69, 9.17) is 23.2 Å². The third kappa shape index (κ3) is 3.91. The molecule has 0 atom stereocenters. The first kappa shape index (κ1) is 14.2. The van der Waals surface area contributed by atoms with Crippen LogP contribution in [-0.4, -0.2) is 17.3 Å². The normalized spacial score (nSPS) is 16.8. The van der Waals surface area contributed by atoms with Gasteiger partial charge in [0.2, 0.25) is 0 Å². The van der Waals surface area contributed by atoms with Gasteiger partial charge < -0.3 is 0 Å². The van der Waals surface area contributed by atoms with Crippen LogP contribution in [0.4, 0.5) is 0 Å². The SMILES string of the molecule is O=C(Cc1cccc(Cl)c1Cl)CC1CCSCC1. The highest BCUT2D eigenvalue weighted by Gasteiger charge is 2.18. The second kappa shape index (κ2) is 6.83. The summed E-state index contributed by atoms with van der Waals surface area (Å²) in [7, 11) is 0. The molecule has 0 N–H and O–H groups in total. The number of carbonyl (C=O) groups excluding carboxylic acids is 1. The number of Topliss-reactive ketones (excluding diaryl/α,β-unsaturated/α-hetero) is 1. The van der Waals surface area contributed by atoms with E-state index in [2.05, 4.69) is 0 Å². The summed E-state index contributed by atoms with van der Waals surface area (Å²) in [6.07, 6.45) is 3.42. The Labute approximate surface area is 122 Å². The third-order valence-corrected chi connectivity index (χ3v) is 5.18. The maximum absolute atomic E-state index is 12.0. The van der Waals surface area contributed by atoms with Gasteiger partial charge in [-0.15, -0.1) is 0 Å². The van der Waals surface area contributed by atoms with E-state index < -0.39 is 0 Å². The zero-order chi connectivity index (χ0) is 13.0. The molecule has 1 fully saturated rings. The molecule has 1 aromatic rings. The molecule has 1 heterocycles. The van der Waals surface area contributed by atoms with Crippen LogP contribution in [0.2, 0.25) is 10.0 Å². The molecule has 98 valence electrons. The topological polar surface area (TPSA) is 17.1 Å². The highest BCUT2D eigenvalue weighted by molar-refractivity contribution is 7.99. The van der Waals surface area contributed by atoms with Crippen molar-refractivity contribution in [3.63, 3.8) is 0 Å². The number of carbonyl (C=O) groups is 1. The highest BCUT2D eigenvalue weighted by atomic mass is 35.5. The van der Waals surface area contributed by atoms with E-state index in [-0.39, 0.29) is 5.78 Å². The van der Waals surface area contributed by atoms with Crippen LogP contribution in [0.15, 0.2) is 18.2 Å². The van der Waals surface area contributed by atoms with Crippen LogP contribution in [0.25, 0.3) is 0 Å². The Morgan fingerprint density at radius 2 is 2.00 bits per heavy atom. The number of benzene rings is 1. The van der Waals surface area contributed by atoms with Gasteiger partial charge >= 0.3 is 0 Å². The van der Waals surface area contributed by atoms with Crippen LogP contribution in [0.5, 0.6) is 0 Å². The Balaban J connectivity index is 1.92. The number of hydrogen-bond donors (Lipinski definition) is 0. The lowest BCUT2D eigenvalue weighted by atomic mass is 9.94. The second-order valence-electron chi connectivity index (χ2n) is 4.69. The molecule has 0 amide bonds. The quantitative estimate of drug-likeness (QED) is 0.806. The second-order valence-corrected chi connectivity index (χ2v) is 6.70. The van der Waals surface area contributed by atoms with E-state index in [1.165, 1.54) is 24.3 Å². The van der Waals surface area contributed by atoms with Crippen molar-refractivity contribution in [2.24, 2.45) is 5.92 Å². The summed E-state index contributed by atoms with van der Waals surface area (Å²) >= 11 is 14.0. The van der Waals surface area contributed by atoms with Crippen molar-refractivity contribution in [3.8, 4) is 0 Å². The van der Waals surface area contributed by atoms with E-state index in [9.17, 15) is 4.79 Å². The van der Waals surface area contributed by atoms with Gasteiger partial charge in [0.05, 0.1) is 10.0 Å². The van der Waals surface area contributed by atoms with Gasteiger partial charge in [-0.3, -0.25) is 4.79 Å². The molecule has 0 aliphatic carbocycles. The van der Waals surface area contributed by atoms with E-state index in [0.29, 0.717) is 28.8 Å². The summed E-state index contributed by atoms with van der Waals surface area (Å²) in [4.78, 5) is 12.0. The van der Waals surface area contributed by atoms with Crippen LogP contribution >= 0.6 is 35.0 Å². The van der Waals surface area contributed by atoms with Gasteiger partial charge in [-0.1, -0.05) is 35.3 Å². The first-order valence-electron chi connectivity index (χ1n) is 6.19. The zero-order valence-electron chi connectivity index (χ0n) is 10.1. The largest absolute Gasteiger partial charge is 0.299 e. The summed E-state index contributed by atoms with van der Waals surface area (Å²) in [6, 6.07) is 5.47. The molecule has 1 aliphatic rings. The maximum atomic E-state index is 12.0. The fourth-order valence-electron chi connectivity index (χ4n) is 2.24. The van der Waals surface area contributed by atoms with E-state index in [1.807, 2.05) is 23.9 Å². The Bertz CT molecular complexity index is 428. The van der Waals surface area contributed by atoms with Crippen molar-refractivity contribution < 1.29 is 4.79 Å². The molecule has 1 nitrogen and oxygen atoms in total. The molecule has 0 spiro atoms. The molecule has 1 aliphatic heterocycles. The Morgan fingerprint density at radius 3 is 2.72 bits per heavy atom. The standard InChI is InChI=1S/C14H16Cl2OS/c15-13-3-1-2-11(14(13)16)9-12(17)8-10-4-6-18-7-5-10/h1-3,10H,4-9H2. The van der Waals surface area contributed by atoms with Crippen molar-refractivity contribution in [3.05, 3.63) is 33.8 Å². The molecule has 1 saturated heterocycles. The molecule has 0 unspecified atom stereocenters. The van der Waals surface area contributed by atoms with Crippen LogP contribution < -0.4 is 0 Å². The first-order valence-corrected chi connectivity index (χ1v) is 8.10. The van der Waals surface area contributed by atoms with Crippen molar-refractivity contribution in [2.75, 3.05) is 11.5 Å². The van der Waals surface area contributed by atoms with Gasteiger partial charge in [-0.2, -0.15) is 11.8 Å². The molecule has 1 aromatic carbocycles. The van der Waals surface area contributed by atoms with Crippen LogP contribution in [0, 0.1) is 5.92 Å². The van der Waals surface area contributed by atoms with Gasteiger partial charge in [0.15, 0.2) is 0 Å². The Hall–Kier alpha value is -0.180. The highest BCUT2D eigenvalue weighted by Crippen LogP contribution is 2.28. The van der Waals surface area contributed by atoms with Crippen molar-refractivity contribution >= 4 is 40.7 Å².